The van der Waals surface area contributed by atoms with Crippen LogP contribution < -0.4 is 4.90 Å². The molecule has 1 rings (SSSR count). The molecule has 0 aliphatic carbocycles. The number of hydrogen-bond acceptors (Lipinski definition) is 4. The van der Waals surface area contributed by atoms with Crippen LogP contribution in [0.4, 0.5) is 5.13 Å². The van der Waals surface area contributed by atoms with Gasteiger partial charge in [-0.3, -0.25) is 0 Å². The lowest BCUT2D eigenvalue weighted by molar-refractivity contribution is 0.812. The summed E-state index contributed by atoms with van der Waals surface area (Å²) in [6.07, 6.45) is 2.84. The summed E-state index contributed by atoms with van der Waals surface area (Å²) in [7, 11) is 0. The maximum atomic E-state index is 8.74. The third-order valence-corrected chi connectivity index (χ3v) is 3.11. The number of nitrogens with zero attached hydrogens (tertiary/aromatic N) is 3. The van der Waals surface area contributed by atoms with Crippen LogP contribution in [0, 0.1) is 11.3 Å². The monoisotopic (exact) mass is 241 g/mol. The molecule has 0 fully saturated rings. The molecule has 80 valence electrons. The molecular weight excluding hydrogens is 230 g/mol. The maximum Gasteiger partial charge on any atom is 0.188 e. The molecule has 0 aliphatic rings. The van der Waals surface area contributed by atoms with Crippen LogP contribution in [0.15, 0.2) is 12.7 Å². The summed E-state index contributed by atoms with van der Waals surface area (Å²) in [6.45, 7) is 7.40. The Morgan fingerprint density at radius 1 is 1.73 bits per heavy atom. The first-order chi connectivity index (χ1) is 7.22. The number of nitriles is 1. The van der Waals surface area contributed by atoms with E-state index in [0.29, 0.717) is 10.0 Å². The van der Waals surface area contributed by atoms with Crippen LogP contribution in [-0.4, -0.2) is 18.1 Å². The zero-order chi connectivity index (χ0) is 11.3. The van der Waals surface area contributed by atoms with Gasteiger partial charge in [0, 0.05) is 13.1 Å². The largest absolute Gasteiger partial charge is 0.344 e. The lowest BCUT2D eigenvalue weighted by atomic mass is 10.4. The Balaban J connectivity index is 2.90. The van der Waals surface area contributed by atoms with Crippen molar-refractivity contribution in [2.24, 2.45) is 0 Å². The Bertz CT molecular complexity index is 381. The maximum absolute atomic E-state index is 8.74. The van der Waals surface area contributed by atoms with Crippen LogP contribution in [0.3, 0.4) is 0 Å². The summed E-state index contributed by atoms with van der Waals surface area (Å²) in [5, 5.41) is 9.53. The quantitative estimate of drug-likeness (QED) is 0.744. The van der Waals surface area contributed by atoms with E-state index in [-0.39, 0.29) is 0 Å². The average Bonchev–Trinajstić information content (AvgIpc) is 2.59. The first kappa shape index (κ1) is 12.0. The molecule has 1 aromatic heterocycles. The van der Waals surface area contributed by atoms with Crippen molar-refractivity contribution in [3.05, 3.63) is 22.7 Å². The fourth-order valence-corrected chi connectivity index (χ4v) is 2.26. The zero-order valence-corrected chi connectivity index (χ0v) is 10.1. The van der Waals surface area contributed by atoms with Crippen molar-refractivity contribution >= 4 is 28.1 Å². The molecule has 0 N–H and O–H groups in total. The van der Waals surface area contributed by atoms with Crippen LogP contribution in [0.5, 0.6) is 0 Å². The summed E-state index contributed by atoms with van der Waals surface area (Å²) in [6, 6.07) is 1.97. The Morgan fingerprint density at radius 3 is 2.93 bits per heavy atom. The van der Waals surface area contributed by atoms with Gasteiger partial charge in [0.25, 0.3) is 0 Å². The van der Waals surface area contributed by atoms with Gasteiger partial charge in [-0.1, -0.05) is 35.9 Å². The molecule has 0 unspecified atom stereocenters. The average molecular weight is 242 g/mol. The van der Waals surface area contributed by atoms with E-state index in [9.17, 15) is 0 Å². The number of anilines is 1. The van der Waals surface area contributed by atoms with E-state index in [2.05, 4.69) is 23.4 Å². The molecule has 0 radical (unpaired) electrons. The molecule has 0 aliphatic heterocycles. The van der Waals surface area contributed by atoms with Gasteiger partial charge < -0.3 is 4.90 Å². The second kappa shape index (κ2) is 5.74. The summed E-state index contributed by atoms with van der Waals surface area (Å²) < 4.78 is 0.456. The summed E-state index contributed by atoms with van der Waals surface area (Å²) in [4.78, 5) is 6.23. The Kier molecular flexibility index (Phi) is 4.60. The van der Waals surface area contributed by atoms with Crippen LogP contribution in [0.2, 0.25) is 4.34 Å². The van der Waals surface area contributed by atoms with Crippen LogP contribution in [0.1, 0.15) is 19.0 Å². The minimum atomic E-state index is 0.307. The highest BCUT2D eigenvalue weighted by molar-refractivity contribution is 7.19. The van der Waals surface area contributed by atoms with E-state index in [4.69, 9.17) is 16.9 Å². The smallest absolute Gasteiger partial charge is 0.188 e. The molecule has 0 spiro atoms. The normalized spacial score (nSPS) is 9.67. The highest BCUT2D eigenvalue weighted by Gasteiger charge is 2.13. The predicted octanol–water partition coefficient (Wildman–Crippen LogP) is 3.07. The molecule has 1 aromatic rings. The van der Waals surface area contributed by atoms with Crippen LogP contribution in [0.25, 0.3) is 0 Å². The SMILES string of the molecule is C=CCN(CCC)c1nc(C#N)c(Cl)s1. The molecular formula is C10H12ClN3S. The van der Waals surface area contributed by atoms with Gasteiger partial charge in [-0.15, -0.1) is 6.58 Å². The van der Waals surface area contributed by atoms with Crippen molar-refractivity contribution in [2.75, 3.05) is 18.0 Å². The molecule has 0 amide bonds. The highest BCUT2D eigenvalue weighted by Crippen LogP contribution is 2.30. The molecule has 15 heavy (non-hydrogen) atoms. The minimum absolute atomic E-state index is 0.307. The number of hydrogen-bond donors (Lipinski definition) is 0. The third kappa shape index (κ3) is 2.95. The molecule has 0 atom stereocenters. The van der Waals surface area contributed by atoms with Gasteiger partial charge in [0.2, 0.25) is 0 Å². The van der Waals surface area contributed by atoms with Crippen LogP contribution in [-0.2, 0) is 0 Å². The highest BCUT2D eigenvalue weighted by atomic mass is 35.5. The molecule has 0 aromatic carbocycles. The molecule has 3 nitrogen and oxygen atoms in total. The Hall–Kier alpha value is -1.05. The third-order valence-electron chi connectivity index (χ3n) is 1.79. The molecule has 5 heteroatoms. The fourth-order valence-electron chi connectivity index (χ4n) is 1.19. The zero-order valence-electron chi connectivity index (χ0n) is 8.53. The Labute approximate surface area is 98.6 Å². The van der Waals surface area contributed by atoms with E-state index in [0.717, 1.165) is 24.6 Å². The van der Waals surface area contributed by atoms with Crippen molar-refractivity contribution in [3.8, 4) is 6.07 Å². The second-order valence-electron chi connectivity index (χ2n) is 2.97. The minimum Gasteiger partial charge on any atom is -0.344 e. The first-order valence-corrected chi connectivity index (χ1v) is 5.84. The van der Waals surface area contributed by atoms with Crippen molar-refractivity contribution in [3.63, 3.8) is 0 Å². The van der Waals surface area contributed by atoms with E-state index < -0.39 is 0 Å². The predicted molar refractivity (Wildman–Crippen MR) is 64.5 cm³/mol. The molecule has 0 saturated heterocycles. The van der Waals surface area contributed by atoms with Gasteiger partial charge in [0.1, 0.15) is 10.4 Å². The number of thiazole rings is 1. The topological polar surface area (TPSA) is 39.9 Å². The van der Waals surface area contributed by atoms with Gasteiger partial charge >= 0.3 is 0 Å². The van der Waals surface area contributed by atoms with Gasteiger partial charge in [-0.05, 0) is 6.42 Å². The lowest BCUT2D eigenvalue weighted by Gasteiger charge is -2.18. The fraction of sp³-hybridized carbons (Fsp3) is 0.400. The van der Waals surface area contributed by atoms with Crippen molar-refractivity contribution in [2.45, 2.75) is 13.3 Å². The lowest BCUT2D eigenvalue weighted by Crippen LogP contribution is -2.23. The molecule has 0 bridgehead atoms. The van der Waals surface area contributed by atoms with Gasteiger partial charge in [0.05, 0.1) is 0 Å². The summed E-state index contributed by atoms with van der Waals surface area (Å²) in [5.74, 6) is 0. The number of aromatic nitrogens is 1. The van der Waals surface area contributed by atoms with E-state index >= 15 is 0 Å². The van der Waals surface area contributed by atoms with Crippen molar-refractivity contribution < 1.29 is 0 Å². The molecule has 0 saturated carbocycles. The van der Waals surface area contributed by atoms with Crippen molar-refractivity contribution in [1.29, 1.82) is 5.26 Å². The standard InChI is InChI=1S/C10H12ClN3S/c1-3-5-14(6-4-2)10-13-8(7-12)9(11)15-10/h3H,1,4-6H2,2H3. The van der Waals surface area contributed by atoms with Gasteiger partial charge in [0.15, 0.2) is 10.8 Å². The Morgan fingerprint density at radius 2 is 2.47 bits per heavy atom. The van der Waals surface area contributed by atoms with Crippen molar-refractivity contribution in [1.82, 2.24) is 4.98 Å². The van der Waals surface area contributed by atoms with Crippen LogP contribution >= 0.6 is 22.9 Å². The van der Waals surface area contributed by atoms with Gasteiger partial charge in [-0.2, -0.15) is 5.26 Å². The summed E-state index contributed by atoms with van der Waals surface area (Å²) in [5.41, 5.74) is 0.307. The molecule has 1 heterocycles. The number of halogens is 1. The first-order valence-electron chi connectivity index (χ1n) is 4.65. The van der Waals surface area contributed by atoms with E-state index in [1.807, 2.05) is 12.1 Å². The number of rotatable bonds is 5. The van der Waals surface area contributed by atoms with E-state index in [1.54, 1.807) is 0 Å². The van der Waals surface area contributed by atoms with E-state index in [1.165, 1.54) is 11.3 Å². The summed E-state index contributed by atoms with van der Waals surface area (Å²) >= 11 is 7.21. The second-order valence-corrected chi connectivity index (χ2v) is 4.54. The van der Waals surface area contributed by atoms with Gasteiger partial charge in [-0.25, -0.2) is 4.98 Å².